The summed E-state index contributed by atoms with van der Waals surface area (Å²) in [5.74, 6) is -3.50. The van der Waals surface area contributed by atoms with E-state index in [1.165, 1.54) is 72.8 Å². The highest BCUT2D eigenvalue weighted by molar-refractivity contribution is 6.09. The Balaban J connectivity index is 1.05. The van der Waals surface area contributed by atoms with Crippen molar-refractivity contribution >= 4 is 57.4 Å². The zero-order valence-corrected chi connectivity index (χ0v) is 26.4. The van der Waals surface area contributed by atoms with Crippen LogP contribution in [0.5, 0.6) is 0 Å². The fourth-order valence-corrected chi connectivity index (χ4v) is 5.24. The van der Waals surface area contributed by atoms with Gasteiger partial charge in [0.1, 0.15) is 35.3 Å². The summed E-state index contributed by atoms with van der Waals surface area (Å²) in [7, 11) is 0. The summed E-state index contributed by atoms with van der Waals surface area (Å²) in [6.07, 6.45) is 1.99. The second kappa shape index (κ2) is 13.4. The first kappa shape index (κ1) is 32.9. The predicted molar refractivity (Wildman–Crippen MR) is 185 cm³/mol. The number of carbonyl (C=O) groups is 4. The number of nitrogens with zero attached hydrogens (tertiary/aromatic N) is 4. The highest BCUT2D eigenvalue weighted by Gasteiger charge is 2.25. The van der Waals surface area contributed by atoms with E-state index in [-0.39, 0.29) is 44.9 Å². The van der Waals surface area contributed by atoms with Crippen LogP contribution in [0.25, 0.3) is 11.0 Å². The van der Waals surface area contributed by atoms with E-state index in [0.29, 0.717) is 11.4 Å². The van der Waals surface area contributed by atoms with E-state index in [2.05, 4.69) is 31.2 Å². The van der Waals surface area contributed by atoms with Gasteiger partial charge in [0.05, 0.1) is 0 Å². The zero-order valence-electron chi connectivity index (χ0n) is 26.4. The Hall–Kier alpha value is -7.62. The first-order valence-corrected chi connectivity index (χ1v) is 15.3. The van der Waals surface area contributed by atoms with Gasteiger partial charge in [-0.05, 0) is 97.1 Å². The van der Waals surface area contributed by atoms with Crippen molar-refractivity contribution in [2.45, 2.75) is 0 Å². The van der Waals surface area contributed by atoms with Gasteiger partial charge in [0, 0.05) is 33.9 Å². The summed E-state index contributed by atoms with van der Waals surface area (Å²) in [6.45, 7) is 0. The van der Waals surface area contributed by atoms with Gasteiger partial charge >= 0.3 is 0 Å². The van der Waals surface area contributed by atoms with Crippen LogP contribution in [-0.4, -0.2) is 42.4 Å². The van der Waals surface area contributed by atoms with E-state index < -0.39 is 46.4 Å². The topological polar surface area (TPSA) is 185 Å². The largest absolute Gasteiger partial charge is 0.322 e. The molecule has 0 bridgehead atoms. The van der Waals surface area contributed by atoms with Crippen molar-refractivity contribution in [3.63, 3.8) is 0 Å². The Labute approximate surface area is 289 Å². The van der Waals surface area contributed by atoms with E-state index in [0.717, 1.165) is 45.7 Å². The SMILES string of the molecule is O=C(Nc1ccc(NC(=O)c2ncn3c(=O)c4c(C(=O)Nc5ccc(NC(=O)c6ccc(F)cc6)cc5)ncn4c(=O)c23)cc1)c1ccc(F)cc1. The molecular weight excluding hydrogens is 678 g/mol. The molecule has 4 N–H and O–H groups in total. The minimum absolute atomic E-state index is 0.246. The monoisotopic (exact) mass is 700 g/mol. The number of anilines is 4. The van der Waals surface area contributed by atoms with Crippen LogP contribution in [0.15, 0.2) is 119 Å². The van der Waals surface area contributed by atoms with Gasteiger partial charge in [0.15, 0.2) is 11.4 Å². The lowest BCUT2D eigenvalue weighted by Gasteiger charge is -2.08. The minimum Gasteiger partial charge on any atom is -0.322 e. The molecule has 0 saturated carbocycles. The van der Waals surface area contributed by atoms with Gasteiger partial charge in [-0.25, -0.2) is 18.7 Å². The van der Waals surface area contributed by atoms with Crippen LogP contribution in [0, 0.1) is 11.6 Å². The molecule has 0 unspecified atom stereocenters. The van der Waals surface area contributed by atoms with Gasteiger partial charge in [-0.2, -0.15) is 0 Å². The first-order valence-electron chi connectivity index (χ1n) is 15.3. The maximum atomic E-state index is 13.5. The molecule has 4 aromatic carbocycles. The van der Waals surface area contributed by atoms with Crippen molar-refractivity contribution < 1.29 is 28.0 Å². The van der Waals surface area contributed by atoms with Crippen LogP contribution in [0.2, 0.25) is 0 Å². The van der Waals surface area contributed by atoms with Crippen molar-refractivity contribution in [2.24, 2.45) is 0 Å². The number of hydrogen-bond donors (Lipinski definition) is 4. The first-order chi connectivity index (χ1) is 25.0. The van der Waals surface area contributed by atoms with Gasteiger partial charge in [0.25, 0.3) is 34.7 Å². The summed E-state index contributed by atoms with van der Waals surface area (Å²) in [4.78, 5) is 86.2. The Morgan fingerprint density at radius 3 is 1.04 bits per heavy atom. The lowest BCUT2D eigenvalue weighted by molar-refractivity contribution is 0.101. The molecule has 256 valence electrons. The third kappa shape index (κ3) is 6.41. The highest BCUT2D eigenvalue weighted by atomic mass is 19.1. The van der Waals surface area contributed by atoms with E-state index in [4.69, 9.17) is 0 Å². The molecule has 0 radical (unpaired) electrons. The molecule has 7 rings (SSSR count). The van der Waals surface area contributed by atoms with E-state index in [9.17, 15) is 37.5 Å². The number of nitrogens with one attached hydrogen (secondary N) is 4. The molecule has 0 aliphatic heterocycles. The molecule has 7 aromatic rings. The van der Waals surface area contributed by atoms with Gasteiger partial charge in [0.2, 0.25) is 0 Å². The standard InChI is InChI=1S/C36H22F2N8O6/c37-21-5-1-19(2-6-21)31(47)41-23-9-13-25(14-10-23)43-33(49)27-29-35(51)46-18-40-28(30(46)36(52)45(29)17-39-27)34(50)44-26-15-11-24(12-16-26)42-32(48)20-3-7-22(38)8-4-20/h1-18H,(H,41,47)(H,42,48)(H,43,49)(H,44,50). The molecule has 4 amide bonds. The van der Waals surface area contributed by atoms with Gasteiger partial charge in [-0.15, -0.1) is 0 Å². The smallest absolute Gasteiger partial charge is 0.283 e. The number of hydrogen-bond acceptors (Lipinski definition) is 8. The maximum absolute atomic E-state index is 13.5. The lowest BCUT2D eigenvalue weighted by atomic mass is 10.2. The molecule has 3 aromatic heterocycles. The Morgan fingerprint density at radius 1 is 0.442 bits per heavy atom. The Kier molecular flexibility index (Phi) is 8.45. The summed E-state index contributed by atoms with van der Waals surface area (Å²) < 4.78 is 28.0. The zero-order chi connectivity index (χ0) is 36.5. The minimum atomic E-state index is -0.830. The van der Waals surface area contributed by atoms with Crippen LogP contribution in [-0.2, 0) is 0 Å². The quantitative estimate of drug-likeness (QED) is 0.179. The summed E-state index contributed by atoms with van der Waals surface area (Å²) in [6, 6.07) is 22.0. The number of amides is 4. The Morgan fingerprint density at radius 2 is 0.731 bits per heavy atom. The average molecular weight is 701 g/mol. The molecule has 0 atom stereocenters. The number of carbonyl (C=O) groups excluding carboxylic acids is 4. The molecule has 14 nitrogen and oxygen atoms in total. The molecule has 3 heterocycles. The van der Waals surface area contributed by atoms with E-state index in [1.807, 2.05) is 0 Å². The fourth-order valence-electron chi connectivity index (χ4n) is 5.24. The van der Waals surface area contributed by atoms with Crippen molar-refractivity contribution in [3.8, 4) is 0 Å². The van der Waals surface area contributed by atoms with E-state index >= 15 is 0 Å². The normalized spacial score (nSPS) is 11.0. The molecule has 52 heavy (non-hydrogen) atoms. The predicted octanol–water partition coefficient (Wildman–Crippen LogP) is 4.43. The molecular formula is C36H22F2N8O6. The van der Waals surface area contributed by atoms with Crippen LogP contribution >= 0.6 is 0 Å². The lowest BCUT2D eigenvalue weighted by Crippen LogP contribution is -2.28. The average Bonchev–Trinajstić information content (AvgIpc) is 3.80. The maximum Gasteiger partial charge on any atom is 0.283 e. The molecule has 0 fully saturated rings. The van der Waals surface area contributed by atoms with Crippen LogP contribution < -0.4 is 32.4 Å². The third-order valence-corrected chi connectivity index (χ3v) is 7.82. The molecule has 0 saturated heterocycles. The highest BCUT2D eigenvalue weighted by Crippen LogP contribution is 2.19. The molecule has 0 aliphatic carbocycles. The molecule has 0 aliphatic rings. The van der Waals surface area contributed by atoms with Crippen molar-refractivity contribution in [1.29, 1.82) is 0 Å². The Bertz CT molecular complexity index is 2460. The third-order valence-electron chi connectivity index (χ3n) is 7.82. The van der Waals surface area contributed by atoms with E-state index in [1.54, 1.807) is 0 Å². The number of fused-ring (bicyclic) bond motifs is 2. The van der Waals surface area contributed by atoms with Crippen LogP contribution in [0.4, 0.5) is 31.5 Å². The van der Waals surface area contributed by atoms with Crippen molar-refractivity contribution in [1.82, 2.24) is 18.8 Å². The molecule has 16 heteroatoms. The number of halogens is 2. The van der Waals surface area contributed by atoms with Gasteiger partial charge in [-0.3, -0.25) is 37.6 Å². The second-order valence-corrected chi connectivity index (χ2v) is 11.2. The van der Waals surface area contributed by atoms with Crippen molar-refractivity contribution in [2.75, 3.05) is 21.3 Å². The van der Waals surface area contributed by atoms with Crippen molar-refractivity contribution in [3.05, 3.63) is 165 Å². The number of imidazole rings is 2. The number of benzene rings is 4. The molecule has 0 spiro atoms. The summed E-state index contributed by atoms with van der Waals surface area (Å²) in [5, 5.41) is 10.5. The summed E-state index contributed by atoms with van der Waals surface area (Å²) in [5.41, 5.74) is -1.22. The van der Waals surface area contributed by atoms with Crippen LogP contribution in [0.3, 0.4) is 0 Å². The number of aromatic nitrogens is 4. The van der Waals surface area contributed by atoms with Gasteiger partial charge < -0.3 is 21.3 Å². The second-order valence-electron chi connectivity index (χ2n) is 11.2. The fraction of sp³-hybridized carbons (Fsp3) is 0. The summed E-state index contributed by atoms with van der Waals surface area (Å²) >= 11 is 0. The van der Waals surface area contributed by atoms with Gasteiger partial charge in [-0.1, -0.05) is 0 Å². The number of rotatable bonds is 8. The van der Waals surface area contributed by atoms with Crippen LogP contribution in [0.1, 0.15) is 41.7 Å².